The van der Waals surface area contributed by atoms with Crippen molar-refractivity contribution in [1.29, 1.82) is 0 Å². The third-order valence-corrected chi connectivity index (χ3v) is 3.23. The van der Waals surface area contributed by atoms with Gasteiger partial charge in [0.2, 0.25) is 0 Å². The highest BCUT2D eigenvalue weighted by molar-refractivity contribution is 7.98. The van der Waals surface area contributed by atoms with Gasteiger partial charge in [0.25, 0.3) is 0 Å². The Morgan fingerprint density at radius 3 is 2.72 bits per heavy atom. The topological polar surface area (TPSA) is 21.3 Å². The maximum absolute atomic E-state index is 12.2. The SMILES string of the molecule is CSCCC(C)NCc1ccccc1OC(F)F. The first kappa shape index (κ1) is 15.2. The molecule has 1 N–H and O–H groups in total. The van der Waals surface area contributed by atoms with Crippen LogP contribution in [0.1, 0.15) is 18.9 Å². The first-order valence-corrected chi connectivity index (χ1v) is 7.28. The summed E-state index contributed by atoms with van der Waals surface area (Å²) in [4.78, 5) is 0. The van der Waals surface area contributed by atoms with Gasteiger partial charge in [-0.15, -0.1) is 0 Å². The molecular formula is C13H19F2NOS. The van der Waals surface area contributed by atoms with E-state index in [1.165, 1.54) is 0 Å². The molecule has 5 heteroatoms. The number of alkyl halides is 2. The first-order chi connectivity index (χ1) is 8.63. The Balaban J connectivity index is 2.50. The fourth-order valence-corrected chi connectivity index (χ4v) is 2.13. The van der Waals surface area contributed by atoms with E-state index in [0.29, 0.717) is 12.6 Å². The number of benzene rings is 1. The predicted octanol–water partition coefficient (Wildman–Crippen LogP) is 3.52. The van der Waals surface area contributed by atoms with E-state index in [4.69, 9.17) is 0 Å². The van der Waals surface area contributed by atoms with E-state index >= 15 is 0 Å². The first-order valence-electron chi connectivity index (χ1n) is 5.88. The third kappa shape index (κ3) is 5.69. The van der Waals surface area contributed by atoms with Crippen LogP contribution in [-0.2, 0) is 6.54 Å². The van der Waals surface area contributed by atoms with Crippen molar-refractivity contribution in [1.82, 2.24) is 5.32 Å². The van der Waals surface area contributed by atoms with E-state index < -0.39 is 6.61 Å². The number of hydrogen-bond donors (Lipinski definition) is 1. The van der Waals surface area contributed by atoms with E-state index in [9.17, 15) is 8.78 Å². The zero-order chi connectivity index (χ0) is 13.4. The molecule has 18 heavy (non-hydrogen) atoms. The van der Waals surface area contributed by atoms with Gasteiger partial charge in [-0.2, -0.15) is 20.5 Å². The highest BCUT2D eigenvalue weighted by atomic mass is 32.2. The Labute approximate surface area is 111 Å². The second kappa shape index (κ2) is 8.32. The van der Waals surface area contributed by atoms with Crippen LogP contribution in [0.25, 0.3) is 0 Å². The van der Waals surface area contributed by atoms with Crippen LogP contribution in [0.2, 0.25) is 0 Å². The Morgan fingerprint density at radius 2 is 2.06 bits per heavy atom. The average Bonchev–Trinajstić information content (AvgIpc) is 2.34. The van der Waals surface area contributed by atoms with Crippen LogP contribution < -0.4 is 10.1 Å². The van der Waals surface area contributed by atoms with Gasteiger partial charge in [0.05, 0.1) is 0 Å². The summed E-state index contributed by atoms with van der Waals surface area (Å²) in [7, 11) is 0. The molecule has 0 aliphatic carbocycles. The summed E-state index contributed by atoms with van der Waals surface area (Å²) in [5.41, 5.74) is 0.758. The molecule has 0 aliphatic rings. The number of para-hydroxylation sites is 1. The Hall–Kier alpha value is -0.810. The van der Waals surface area contributed by atoms with Crippen molar-refractivity contribution in [2.75, 3.05) is 12.0 Å². The number of nitrogens with one attached hydrogen (secondary N) is 1. The smallest absolute Gasteiger partial charge is 0.387 e. The lowest BCUT2D eigenvalue weighted by Gasteiger charge is -2.15. The Morgan fingerprint density at radius 1 is 1.33 bits per heavy atom. The Bertz CT molecular complexity index is 350. The molecule has 1 atom stereocenters. The van der Waals surface area contributed by atoms with Gasteiger partial charge >= 0.3 is 6.61 Å². The molecule has 1 rings (SSSR count). The summed E-state index contributed by atoms with van der Waals surface area (Å²) in [5.74, 6) is 1.33. The largest absolute Gasteiger partial charge is 0.434 e. The molecule has 0 radical (unpaired) electrons. The number of rotatable bonds is 8. The monoisotopic (exact) mass is 275 g/mol. The maximum Gasteiger partial charge on any atom is 0.387 e. The fraction of sp³-hybridized carbons (Fsp3) is 0.538. The highest BCUT2D eigenvalue weighted by Crippen LogP contribution is 2.20. The van der Waals surface area contributed by atoms with E-state index in [1.54, 1.807) is 30.0 Å². The molecule has 1 aromatic carbocycles. The van der Waals surface area contributed by atoms with Crippen LogP contribution >= 0.6 is 11.8 Å². The van der Waals surface area contributed by atoms with Gasteiger partial charge in [0.15, 0.2) is 0 Å². The highest BCUT2D eigenvalue weighted by Gasteiger charge is 2.09. The quantitative estimate of drug-likeness (QED) is 0.784. The third-order valence-electron chi connectivity index (χ3n) is 2.58. The molecular weight excluding hydrogens is 256 g/mol. The van der Waals surface area contributed by atoms with E-state index in [-0.39, 0.29) is 5.75 Å². The molecule has 0 aliphatic heterocycles. The van der Waals surface area contributed by atoms with Gasteiger partial charge in [0, 0.05) is 18.2 Å². The lowest BCUT2D eigenvalue weighted by Crippen LogP contribution is -2.26. The summed E-state index contributed by atoms with van der Waals surface area (Å²) in [5, 5.41) is 3.31. The normalized spacial score (nSPS) is 12.7. The Kier molecular flexibility index (Phi) is 7.05. The number of thioether (sulfide) groups is 1. The minimum absolute atomic E-state index is 0.247. The van der Waals surface area contributed by atoms with Gasteiger partial charge in [-0.1, -0.05) is 18.2 Å². The molecule has 1 unspecified atom stereocenters. The molecule has 102 valence electrons. The molecule has 0 aromatic heterocycles. The van der Waals surface area contributed by atoms with Crippen LogP contribution in [0, 0.1) is 0 Å². The lowest BCUT2D eigenvalue weighted by atomic mass is 10.2. The van der Waals surface area contributed by atoms with Gasteiger partial charge in [-0.25, -0.2) is 0 Å². The van der Waals surface area contributed by atoms with Crippen molar-refractivity contribution in [3.05, 3.63) is 29.8 Å². The van der Waals surface area contributed by atoms with Crippen LogP contribution in [0.5, 0.6) is 5.75 Å². The molecule has 0 saturated carbocycles. The second-order valence-electron chi connectivity index (χ2n) is 4.05. The van der Waals surface area contributed by atoms with Crippen LogP contribution in [0.3, 0.4) is 0 Å². The van der Waals surface area contributed by atoms with Crippen molar-refractivity contribution >= 4 is 11.8 Å². The molecule has 0 spiro atoms. The lowest BCUT2D eigenvalue weighted by molar-refractivity contribution is -0.0505. The number of ether oxygens (including phenoxy) is 1. The van der Waals surface area contributed by atoms with Crippen LogP contribution in [-0.4, -0.2) is 24.7 Å². The summed E-state index contributed by atoms with van der Waals surface area (Å²) in [6, 6.07) is 7.24. The minimum Gasteiger partial charge on any atom is -0.434 e. The van der Waals surface area contributed by atoms with E-state index in [2.05, 4.69) is 23.2 Å². The maximum atomic E-state index is 12.2. The fourth-order valence-electron chi connectivity index (χ4n) is 1.54. The van der Waals surface area contributed by atoms with E-state index in [1.807, 2.05) is 6.07 Å². The van der Waals surface area contributed by atoms with Gasteiger partial charge in [-0.3, -0.25) is 0 Å². The second-order valence-corrected chi connectivity index (χ2v) is 5.04. The molecule has 0 amide bonds. The zero-order valence-electron chi connectivity index (χ0n) is 10.7. The summed E-state index contributed by atoms with van der Waals surface area (Å²) in [6.45, 7) is -0.148. The number of halogens is 2. The predicted molar refractivity (Wildman–Crippen MR) is 72.4 cm³/mol. The van der Waals surface area contributed by atoms with Crippen LogP contribution in [0.4, 0.5) is 8.78 Å². The molecule has 0 fully saturated rings. The molecule has 0 bridgehead atoms. The molecule has 2 nitrogen and oxygen atoms in total. The van der Waals surface area contributed by atoms with Gasteiger partial charge in [0.1, 0.15) is 5.75 Å². The zero-order valence-corrected chi connectivity index (χ0v) is 11.5. The minimum atomic E-state index is -2.78. The summed E-state index contributed by atoms with van der Waals surface area (Å²) < 4.78 is 28.9. The molecule has 1 aromatic rings. The van der Waals surface area contributed by atoms with Gasteiger partial charge < -0.3 is 10.1 Å². The van der Waals surface area contributed by atoms with Crippen molar-refractivity contribution < 1.29 is 13.5 Å². The van der Waals surface area contributed by atoms with Crippen molar-refractivity contribution in [3.63, 3.8) is 0 Å². The molecule has 0 saturated heterocycles. The van der Waals surface area contributed by atoms with Gasteiger partial charge in [-0.05, 0) is 31.4 Å². The van der Waals surface area contributed by atoms with Crippen molar-refractivity contribution in [2.24, 2.45) is 0 Å². The summed E-state index contributed by atoms with van der Waals surface area (Å²) in [6.07, 6.45) is 3.12. The van der Waals surface area contributed by atoms with E-state index in [0.717, 1.165) is 17.7 Å². The van der Waals surface area contributed by atoms with Crippen molar-refractivity contribution in [2.45, 2.75) is 32.5 Å². The average molecular weight is 275 g/mol. The van der Waals surface area contributed by atoms with Crippen molar-refractivity contribution in [3.8, 4) is 5.75 Å². The van der Waals surface area contributed by atoms with Crippen LogP contribution in [0.15, 0.2) is 24.3 Å². The number of hydrogen-bond acceptors (Lipinski definition) is 3. The molecule has 0 heterocycles. The standard InChI is InChI=1S/C13H19F2NOS/c1-10(7-8-18-2)16-9-11-5-3-4-6-12(11)17-13(14)15/h3-6,10,13,16H,7-9H2,1-2H3. The summed E-state index contributed by atoms with van der Waals surface area (Å²) >= 11 is 1.80.